The molecule has 5 rings (SSSR count). The summed E-state index contributed by atoms with van der Waals surface area (Å²) in [6, 6.07) is 15.0. The lowest BCUT2D eigenvalue weighted by atomic mass is 10.0. The van der Waals surface area contributed by atoms with Crippen molar-refractivity contribution >= 4 is 22.3 Å². The Hall–Kier alpha value is -3.21. The van der Waals surface area contributed by atoms with E-state index in [0.717, 1.165) is 60.7 Å². The Kier molecular flexibility index (Phi) is 6.85. The van der Waals surface area contributed by atoms with Gasteiger partial charge < -0.3 is 19.9 Å². The van der Waals surface area contributed by atoms with E-state index in [4.69, 9.17) is 4.74 Å². The number of morpholine rings is 1. The molecule has 0 spiro atoms. The lowest BCUT2D eigenvalue weighted by Crippen LogP contribution is -2.53. The molecular formula is C28H34N6O. The summed E-state index contributed by atoms with van der Waals surface area (Å²) in [6.07, 6.45) is 4.34. The highest BCUT2D eigenvalue weighted by Gasteiger charge is 2.28. The minimum Gasteiger partial charge on any atom is -0.370 e. The number of aromatic nitrogens is 2. The molecule has 182 valence electrons. The van der Waals surface area contributed by atoms with Crippen molar-refractivity contribution in [1.82, 2.24) is 15.3 Å². The van der Waals surface area contributed by atoms with E-state index in [1.54, 1.807) is 6.20 Å². The van der Waals surface area contributed by atoms with Crippen molar-refractivity contribution in [3.8, 4) is 6.07 Å². The van der Waals surface area contributed by atoms with Gasteiger partial charge in [0.2, 0.25) is 0 Å². The second-order valence-electron chi connectivity index (χ2n) is 9.92. The third-order valence-corrected chi connectivity index (χ3v) is 7.02. The van der Waals surface area contributed by atoms with Crippen LogP contribution in [0.4, 0.5) is 11.4 Å². The predicted molar refractivity (Wildman–Crippen MR) is 140 cm³/mol. The van der Waals surface area contributed by atoms with E-state index in [0.29, 0.717) is 11.6 Å². The average molecular weight is 471 g/mol. The molecule has 0 radical (unpaired) electrons. The zero-order valence-corrected chi connectivity index (χ0v) is 20.9. The van der Waals surface area contributed by atoms with Crippen molar-refractivity contribution in [3.63, 3.8) is 0 Å². The Morgan fingerprint density at radius 3 is 2.74 bits per heavy atom. The van der Waals surface area contributed by atoms with Crippen LogP contribution in [0.3, 0.4) is 0 Å². The maximum atomic E-state index is 9.49. The number of fused-ring (bicyclic) bond motifs is 1. The number of nitrogens with one attached hydrogen (secondary N) is 1. The van der Waals surface area contributed by atoms with Gasteiger partial charge in [0.15, 0.2) is 0 Å². The Bertz CT molecular complexity index is 1220. The van der Waals surface area contributed by atoms with E-state index in [1.165, 1.54) is 18.5 Å². The molecule has 0 amide bonds. The molecule has 2 fully saturated rings. The number of ether oxygens (including phenoxy) is 1. The monoisotopic (exact) mass is 470 g/mol. The number of nitriles is 1. The van der Waals surface area contributed by atoms with Crippen molar-refractivity contribution in [2.45, 2.75) is 51.9 Å². The molecule has 1 unspecified atom stereocenters. The normalized spacial score (nSPS) is 22.9. The Balaban J connectivity index is 1.25. The van der Waals surface area contributed by atoms with Gasteiger partial charge in [0.05, 0.1) is 23.3 Å². The van der Waals surface area contributed by atoms with Gasteiger partial charge in [-0.3, -0.25) is 9.97 Å². The van der Waals surface area contributed by atoms with Gasteiger partial charge >= 0.3 is 0 Å². The van der Waals surface area contributed by atoms with Gasteiger partial charge in [0, 0.05) is 73.1 Å². The maximum absolute atomic E-state index is 9.49. The Morgan fingerprint density at radius 1 is 1.11 bits per heavy atom. The molecule has 4 heterocycles. The number of rotatable bonds is 5. The smallest absolute Gasteiger partial charge is 0.101 e. The topological polar surface area (TPSA) is 77.3 Å². The van der Waals surface area contributed by atoms with Crippen LogP contribution in [0.2, 0.25) is 0 Å². The van der Waals surface area contributed by atoms with Gasteiger partial charge in [0.1, 0.15) is 6.07 Å². The highest BCUT2D eigenvalue weighted by Crippen LogP contribution is 2.30. The molecule has 2 aliphatic heterocycles. The van der Waals surface area contributed by atoms with Crippen molar-refractivity contribution < 1.29 is 4.74 Å². The fraction of sp³-hybridized carbons (Fsp3) is 0.464. The van der Waals surface area contributed by atoms with Crippen molar-refractivity contribution in [2.75, 3.05) is 42.5 Å². The molecule has 3 aromatic rings. The number of nitrogens with zero attached hydrogens (tertiary/aromatic N) is 5. The molecule has 2 aromatic heterocycles. The maximum Gasteiger partial charge on any atom is 0.101 e. The summed E-state index contributed by atoms with van der Waals surface area (Å²) in [5, 5.41) is 14.3. The second kappa shape index (κ2) is 10.2. The van der Waals surface area contributed by atoms with E-state index >= 15 is 0 Å². The summed E-state index contributed by atoms with van der Waals surface area (Å²) in [4.78, 5) is 13.9. The van der Waals surface area contributed by atoms with Crippen LogP contribution in [0.15, 0.2) is 42.6 Å². The number of aryl methyl sites for hydroxylation is 2. The largest absolute Gasteiger partial charge is 0.370 e. The second-order valence-corrected chi connectivity index (χ2v) is 9.92. The first-order chi connectivity index (χ1) is 17.0. The van der Waals surface area contributed by atoms with E-state index < -0.39 is 0 Å². The molecule has 0 bridgehead atoms. The minimum atomic E-state index is 0.0990. The summed E-state index contributed by atoms with van der Waals surface area (Å²) >= 11 is 0. The summed E-state index contributed by atoms with van der Waals surface area (Å²) in [5.74, 6) is 0. The van der Waals surface area contributed by atoms with Gasteiger partial charge in [-0.2, -0.15) is 5.26 Å². The number of benzene rings is 1. The highest BCUT2D eigenvalue weighted by atomic mass is 16.5. The van der Waals surface area contributed by atoms with Crippen LogP contribution >= 0.6 is 0 Å². The third-order valence-electron chi connectivity index (χ3n) is 7.02. The summed E-state index contributed by atoms with van der Waals surface area (Å²) in [6.45, 7) is 10.8. The Morgan fingerprint density at radius 2 is 1.94 bits per heavy atom. The van der Waals surface area contributed by atoms with Crippen molar-refractivity contribution in [3.05, 3.63) is 59.5 Å². The Labute approximate surface area is 207 Å². The molecule has 2 aliphatic rings. The number of pyridine rings is 2. The molecule has 7 nitrogen and oxygen atoms in total. The van der Waals surface area contributed by atoms with Crippen LogP contribution in [-0.4, -0.2) is 60.9 Å². The first-order valence-corrected chi connectivity index (χ1v) is 12.6. The minimum absolute atomic E-state index is 0.0990. The lowest BCUT2D eigenvalue weighted by Gasteiger charge is -2.40. The van der Waals surface area contributed by atoms with E-state index in [-0.39, 0.29) is 12.2 Å². The fourth-order valence-corrected chi connectivity index (χ4v) is 5.55. The van der Waals surface area contributed by atoms with Crippen LogP contribution in [0.1, 0.15) is 36.7 Å². The number of anilines is 2. The number of hydrogen-bond acceptors (Lipinski definition) is 7. The standard InChI is InChI=1S/C28H34N6O/c1-19-12-24(13-20(2)32-19)33-11-5-6-23(17-33)31-15-25-18-34(16-21(3)35-25)27-9-8-22(14-29)28-26(27)7-4-10-30-28/h4,7-10,12-13,21,23,25,31H,5-6,11,15-18H2,1-3H3/t21-,23?,25+/m1/s1. The first-order valence-electron chi connectivity index (χ1n) is 12.6. The SMILES string of the molecule is Cc1cc(N2CCCC(NC[C@H]3CN(c4ccc(C#N)c5ncccc45)C[C@@H](C)O3)C2)cc(C)n1. The quantitative estimate of drug-likeness (QED) is 0.605. The molecular weight excluding hydrogens is 436 g/mol. The van der Waals surface area contributed by atoms with E-state index in [1.807, 2.05) is 12.1 Å². The molecule has 2 saturated heterocycles. The highest BCUT2D eigenvalue weighted by molar-refractivity contribution is 5.95. The fourth-order valence-electron chi connectivity index (χ4n) is 5.55. The van der Waals surface area contributed by atoms with Crippen LogP contribution < -0.4 is 15.1 Å². The van der Waals surface area contributed by atoms with Gasteiger partial charge in [-0.15, -0.1) is 0 Å². The zero-order valence-electron chi connectivity index (χ0n) is 20.9. The summed E-state index contributed by atoms with van der Waals surface area (Å²) in [5.41, 5.74) is 5.93. The van der Waals surface area contributed by atoms with Gasteiger partial charge in [-0.25, -0.2) is 0 Å². The number of hydrogen-bond donors (Lipinski definition) is 1. The molecule has 3 atom stereocenters. The summed E-state index contributed by atoms with van der Waals surface area (Å²) < 4.78 is 6.33. The average Bonchev–Trinajstić information content (AvgIpc) is 2.86. The molecule has 1 N–H and O–H groups in total. The van der Waals surface area contributed by atoms with Crippen LogP contribution in [-0.2, 0) is 4.74 Å². The van der Waals surface area contributed by atoms with E-state index in [2.05, 4.69) is 76.2 Å². The van der Waals surface area contributed by atoms with Crippen LogP contribution in [0.5, 0.6) is 0 Å². The zero-order chi connectivity index (χ0) is 24.4. The predicted octanol–water partition coefficient (Wildman–Crippen LogP) is 3.97. The summed E-state index contributed by atoms with van der Waals surface area (Å²) in [7, 11) is 0. The first kappa shape index (κ1) is 23.5. The molecule has 7 heteroatoms. The van der Waals surface area contributed by atoms with Gasteiger partial charge in [0.25, 0.3) is 0 Å². The van der Waals surface area contributed by atoms with Gasteiger partial charge in [-0.1, -0.05) is 0 Å². The lowest BCUT2D eigenvalue weighted by molar-refractivity contribution is -0.0159. The number of piperidine rings is 1. The van der Waals surface area contributed by atoms with Crippen LogP contribution in [0, 0.1) is 25.2 Å². The van der Waals surface area contributed by atoms with Crippen molar-refractivity contribution in [2.24, 2.45) is 0 Å². The molecule has 0 aliphatic carbocycles. The van der Waals surface area contributed by atoms with Crippen molar-refractivity contribution in [1.29, 1.82) is 5.26 Å². The van der Waals surface area contributed by atoms with Crippen LogP contribution in [0.25, 0.3) is 10.9 Å². The van der Waals surface area contributed by atoms with Gasteiger partial charge in [-0.05, 0) is 70.0 Å². The molecule has 0 saturated carbocycles. The molecule has 1 aromatic carbocycles. The third kappa shape index (κ3) is 5.24. The molecule has 35 heavy (non-hydrogen) atoms. The van der Waals surface area contributed by atoms with E-state index in [9.17, 15) is 5.26 Å².